The molecule has 5 aromatic rings. The maximum atomic E-state index is 2.32. The summed E-state index contributed by atoms with van der Waals surface area (Å²) in [5, 5.41) is 3.83. The standard InChI is InChI=1S/C26H23N2/c1-18-10-8-9-15-28(18)24-16-20-11-4-6-13-22(20)26(19(24)2)25-17-21-12-5-7-14-23(21)27(25)3/h4-17H,1-3H3/q+1. The Hall–Kier alpha value is -3.39. The molecule has 0 saturated heterocycles. The minimum Gasteiger partial charge on any atom is -0.344 e. The molecule has 0 spiro atoms. The van der Waals surface area contributed by atoms with E-state index in [1.54, 1.807) is 0 Å². The molecule has 0 aliphatic heterocycles. The number of hydrogen-bond donors (Lipinski definition) is 0. The highest BCUT2D eigenvalue weighted by atomic mass is 15.0. The first-order valence-corrected chi connectivity index (χ1v) is 9.70. The van der Waals surface area contributed by atoms with E-state index >= 15 is 0 Å². The fourth-order valence-electron chi connectivity index (χ4n) is 4.34. The summed E-state index contributed by atoms with van der Waals surface area (Å²) in [6, 6.07) is 28.3. The number of hydrogen-bond acceptors (Lipinski definition) is 0. The van der Waals surface area contributed by atoms with E-state index in [4.69, 9.17) is 0 Å². The Morgan fingerprint density at radius 3 is 2.25 bits per heavy atom. The molecule has 2 heteroatoms. The smallest absolute Gasteiger partial charge is 0.215 e. The molecule has 0 saturated carbocycles. The van der Waals surface area contributed by atoms with Gasteiger partial charge in [-0.2, -0.15) is 4.57 Å². The van der Waals surface area contributed by atoms with E-state index < -0.39 is 0 Å². The summed E-state index contributed by atoms with van der Waals surface area (Å²) in [5.41, 5.74) is 7.58. The largest absolute Gasteiger partial charge is 0.344 e. The van der Waals surface area contributed by atoms with E-state index in [9.17, 15) is 0 Å². The normalized spacial score (nSPS) is 11.4. The lowest BCUT2D eigenvalue weighted by molar-refractivity contribution is -0.603. The summed E-state index contributed by atoms with van der Waals surface area (Å²) in [6.45, 7) is 4.40. The molecule has 0 aliphatic rings. The topological polar surface area (TPSA) is 8.81 Å². The van der Waals surface area contributed by atoms with Crippen LogP contribution >= 0.6 is 0 Å². The van der Waals surface area contributed by atoms with E-state index in [-0.39, 0.29) is 0 Å². The Balaban J connectivity index is 1.91. The van der Waals surface area contributed by atoms with Gasteiger partial charge in [0.15, 0.2) is 11.9 Å². The number of pyridine rings is 1. The predicted molar refractivity (Wildman–Crippen MR) is 117 cm³/mol. The maximum Gasteiger partial charge on any atom is 0.215 e. The molecule has 3 aromatic carbocycles. The van der Waals surface area contributed by atoms with Gasteiger partial charge in [0.2, 0.25) is 5.69 Å². The number of aryl methyl sites for hydroxylation is 2. The third-order valence-corrected chi connectivity index (χ3v) is 5.81. The van der Waals surface area contributed by atoms with Gasteiger partial charge in [-0.1, -0.05) is 48.5 Å². The number of para-hydroxylation sites is 1. The molecule has 0 atom stereocenters. The van der Waals surface area contributed by atoms with Crippen LogP contribution in [0.3, 0.4) is 0 Å². The third kappa shape index (κ3) is 2.45. The van der Waals surface area contributed by atoms with Gasteiger partial charge >= 0.3 is 0 Å². The molecule has 2 heterocycles. The molecular formula is C26H23N2+. The zero-order valence-corrected chi connectivity index (χ0v) is 16.5. The summed E-state index contributed by atoms with van der Waals surface area (Å²) in [7, 11) is 2.17. The number of aromatic nitrogens is 2. The SMILES string of the molecule is Cc1c(-[n+]2ccccc2C)cc2ccccc2c1-c1cc2ccccc2n1C. The number of fused-ring (bicyclic) bond motifs is 2. The molecule has 136 valence electrons. The van der Waals surface area contributed by atoms with E-state index in [1.807, 2.05) is 0 Å². The third-order valence-electron chi connectivity index (χ3n) is 5.81. The van der Waals surface area contributed by atoms with Crippen LogP contribution in [0, 0.1) is 13.8 Å². The van der Waals surface area contributed by atoms with Gasteiger partial charge in [0.05, 0.1) is 0 Å². The molecule has 0 fully saturated rings. The Morgan fingerprint density at radius 2 is 1.46 bits per heavy atom. The fraction of sp³-hybridized carbons (Fsp3) is 0.115. The molecule has 0 unspecified atom stereocenters. The summed E-state index contributed by atoms with van der Waals surface area (Å²) in [6.07, 6.45) is 2.15. The molecule has 2 nitrogen and oxygen atoms in total. The first-order chi connectivity index (χ1) is 13.6. The van der Waals surface area contributed by atoms with Gasteiger partial charge in [-0.3, -0.25) is 0 Å². The van der Waals surface area contributed by atoms with Gasteiger partial charge < -0.3 is 4.57 Å². The van der Waals surface area contributed by atoms with Gasteiger partial charge in [0.1, 0.15) is 0 Å². The van der Waals surface area contributed by atoms with Crippen LogP contribution in [0.5, 0.6) is 0 Å². The van der Waals surface area contributed by atoms with Crippen LogP contribution in [0.15, 0.2) is 85.1 Å². The molecule has 28 heavy (non-hydrogen) atoms. The van der Waals surface area contributed by atoms with Gasteiger partial charge in [0, 0.05) is 59.9 Å². The lowest BCUT2D eigenvalue weighted by Crippen LogP contribution is -2.34. The van der Waals surface area contributed by atoms with E-state index in [1.165, 1.54) is 49.9 Å². The molecule has 0 amide bonds. The second-order valence-electron chi connectivity index (χ2n) is 7.48. The zero-order valence-electron chi connectivity index (χ0n) is 16.5. The quantitative estimate of drug-likeness (QED) is 0.346. The van der Waals surface area contributed by atoms with Crippen molar-refractivity contribution in [3.8, 4) is 16.9 Å². The summed E-state index contributed by atoms with van der Waals surface area (Å²) in [5.74, 6) is 0. The van der Waals surface area contributed by atoms with E-state index in [0.717, 1.165) is 0 Å². The molecule has 0 aliphatic carbocycles. The predicted octanol–water partition coefficient (Wildman–Crippen LogP) is 5.89. The number of benzene rings is 3. The van der Waals surface area contributed by atoms with E-state index in [0.29, 0.717) is 0 Å². The molecule has 0 bridgehead atoms. The number of nitrogens with zero attached hydrogens (tertiary/aromatic N) is 2. The highest BCUT2D eigenvalue weighted by Crippen LogP contribution is 2.37. The van der Waals surface area contributed by atoms with Crippen molar-refractivity contribution in [1.29, 1.82) is 0 Å². The molecule has 0 N–H and O–H groups in total. The first kappa shape index (κ1) is 16.8. The van der Waals surface area contributed by atoms with Crippen molar-refractivity contribution in [1.82, 2.24) is 4.57 Å². The Kier molecular flexibility index (Phi) is 3.80. The van der Waals surface area contributed by atoms with Crippen LogP contribution in [0.25, 0.3) is 38.6 Å². The van der Waals surface area contributed by atoms with Gasteiger partial charge in [-0.15, -0.1) is 0 Å². The number of rotatable bonds is 2. The van der Waals surface area contributed by atoms with Crippen molar-refractivity contribution in [3.63, 3.8) is 0 Å². The van der Waals surface area contributed by atoms with Crippen molar-refractivity contribution in [2.45, 2.75) is 13.8 Å². The first-order valence-electron chi connectivity index (χ1n) is 9.70. The highest BCUT2D eigenvalue weighted by molar-refractivity contribution is 6.01. The van der Waals surface area contributed by atoms with Crippen LogP contribution in [0.2, 0.25) is 0 Å². The fourth-order valence-corrected chi connectivity index (χ4v) is 4.34. The summed E-state index contributed by atoms with van der Waals surface area (Å²) in [4.78, 5) is 0. The lowest BCUT2D eigenvalue weighted by atomic mass is 9.95. The minimum atomic E-state index is 1.23. The van der Waals surface area contributed by atoms with Gasteiger partial charge in [-0.25, -0.2) is 0 Å². The Bertz CT molecular complexity index is 1340. The van der Waals surface area contributed by atoms with Gasteiger partial charge in [-0.05, 0) is 29.8 Å². The molecule has 2 aromatic heterocycles. The van der Waals surface area contributed by atoms with Crippen molar-refractivity contribution >= 4 is 21.7 Å². The minimum absolute atomic E-state index is 1.23. The molecular weight excluding hydrogens is 340 g/mol. The van der Waals surface area contributed by atoms with E-state index in [2.05, 4.69) is 115 Å². The monoisotopic (exact) mass is 363 g/mol. The van der Waals surface area contributed by atoms with Crippen molar-refractivity contribution in [2.24, 2.45) is 7.05 Å². The lowest BCUT2D eigenvalue weighted by Gasteiger charge is -2.14. The van der Waals surface area contributed by atoms with Crippen molar-refractivity contribution in [2.75, 3.05) is 0 Å². The van der Waals surface area contributed by atoms with Crippen LogP contribution < -0.4 is 4.57 Å². The van der Waals surface area contributed by atoms with Crippen LogP contribution in [-0.2, 0) is 7.05 Å². The highest BCUT2D eigenvalue weighted by Gasteiger charge is 2.21. The maximum absolute atomic E-state index is 2.32. The summed E-state index contributed by atoms with van der Waals surface area (Å²) >= 11 is 0. The second kappa shape index (κ2) is 6.35. The van der Waals surface area contributed by atoms with Crippen LogP contribution in [0.4, 0.5) is 0 Å². The zero-order chi connectivity index (χ0) is 19.3. The van der Waals surface area contributed by atoms with Crippen LogP contribution in [0.1, 0.15) is 11.3 Å². The van der Waals surface area contributed by atoms with Crippen LogP contribution in [-0.4, -0.2) is 4.57 Å². The van der Waals surface area contributed by atoms with Gasteiger partial charge in [0.25, 0.3) is 0 Å². The molecule has 0 radical (unpaired) electrons. The van der Waals surface area contributed by atoms with Crippen molar-refractivity contribution in [3.05, 3.63) is 96.3 Å². The second-order valence-corrected chi connectivity index (χ2v) is 7.48. The average Bonchev–Trinajstić information content (AvgIpc) is 3.05. The average molecular weight is 363 g/mol. The summed E-state index contributed by atoms with van der Waals surface area (Å²) < 4.78 is 4.60. The van der Waals surface area contributed by atoms with Crippen molar-refractivity contribution < 1.29 is 4.57 Å². The molecule has 5 rings (SSSR count). The Labute approximate surface area is 165 Å². The Morgan fingerprint density at radius 1 is 0.750 bits per heavy atom.